The number of thiocarbonyl (C=S) groups is 1. The van der Waals surface area contributed by atoms with E-state index in [0.717, 1.165) is 19.3 Å². The molecule has 0 saturated heterocycles. The van der Waals surface area contributed by atoms with Crippen molar-refractivity contribution in [1.29, 1.82) is 0 Å². The van der Waals surface area contributed by atoms with Crippen LogP contribution in [0.3, 0.4) is 0 Å². The number of carbonyl (C=O) groups is 1. The molecule has 1 rings (SSSR count). The molecule has 0 aromatic carbocycles. The van der Waals surface area contributed by atoms with E-state index in [4.69, 9.17) is 22.7 Å². The predicted octanol–water partition coefficient (Wildman–Crippen LogP) is 0.592. The summed E-state index contributed by atoms with van der Waals surface area (Å²) < 4.78 is 4.94. The largest absolute Gasteiger partial charge is 0.393 e. The molecule has 1 aliphatic carbocycles. The molecule has 0 aromatic rings. The number of methoxy groups -OCH3 is 1. The van der Waals surface area contributed by atoms with Gasteiger partial charge < -0.3 is 15.8 Å². The summed E-state index contributed by atoms with van der Waals surface area (Å²) >= 11 is 4.97. The Labute approximate surface area is 95.5 Å². The van der Waals surface area contributed by atoms with Crippen LogP contribution in [0.25, 0.3) is 0 Å². The van der Waals surface area contributed by atoms with E-state index in [1.54, 1.807) is 6.92 Å². The smallest absolute Gasteiger partial charge is 0.249 e. The van der Waals surface area contributed by atoms with Crippen molar-refractivity contribution in [3.8, 4) is 0 Å². The Morgan fingerprint density at radius 2 is 2.27 bits per heavy atom. The second-order valence-corrected chi connectivity index (χ2v) is 4.40. The van der Waals surface area contributed by atoms with E-state index in [2.05, 4.69) is 5.32 Å². The van der Waals surface area contributed by atoms with Crippen LogP contribution >= 0.6 is 12.2 Å². The molecule has 1 fully saturated rings. The number of amides is 1. The monoisotopic (exact) mass is 230 g/mol. The molecule has 0 aromatic heterocycles. The first-order chi connectivity index (χ1) is 7.06. The molecule has 1 aliphatic rings. The number of carbonyl (C=O) groups excluding carboxylic acids is 1. The van der Waals surface area contributed by atoms with E-state index in [9.17, 15) is 4.79 Å². The SMILES string of the molecule is COC(C)C(=O)NC1CCCC1C(N)=S. The highest BCUT2D eigenvalue weighted by atomic mass is 32.1. The summed E-state index contributed by atoms with van der Waals surface area (Å²) in [7, 11) is 1.52. The maximum atomic E-state index is 11.6. The Balaban J connectivity index is 2.50. The fraction of sp³-hybridized carbons (Fsp3) is 0.800. The highest BCUT2D eigenvalue weighted by molar-refractivity contribution is 7.80. The van der Waals surface area contributed by atoms with Crippen molar-refractivity contribution in [1.82, 2.24) is 5.32 Å². The Kier molecular flexibility index (Phi) is 4.47. The van der Waals surface area contributed by atoms with Gasteiger partial charge in [0.1, 0.15) is 6.10 Å². The van der Waals surface area contributed by atoms with Crippen LogP contribution < -0.4 is 11.1 Å². The first kappa shape index (κ1) is 12.4. The highest BCUT2D eigenvalue weighted by Gasteiger charge is 2.31. The number of rotatable bonds is 4. The molecule has 0 aliphatic heterocycles. The van der Waals surface area contributed by atoms with Gasteiger partial charge in [0.05, 0.1) is 4.99 Å². The third-order valence-corrected chi connectivity index (χ3v) is 3.23. The normalized spacial score (nSPS) is 27.3. The Hall–Kier alpha value is -0.680. The van der Waals surface area contributed by atoms with E-state index in [0.29, 0.717) is 4.99 Å². The van der Waals surface area contributed by atoms with Crippen LogP contribution in [0.1, 0.15) is 26.2 Å². The number of nitrogens with two attached hydrogens (primary N) is 1. The Morgan fingerprint density at radius 1 is 1.60 bits per heavy atom. The molecule has 1 saturated carbocycles. The topological polar surface area (TPSA) is 64.3 Å². The molecule has 15 heavy (non-hydrogen) atoms. The van der Waals surface area contributed by atoms with Crippen molar-refractivity contribution < 1.29 is 9.53 Å². The molecule has 3 unspecified atom stereocenters. The molecule has 4 nitrogen and oxygen atoms in total. The zero-order valence-corrected chi connectivity index (χ0v) is 9.97. The molecule has 0 spiro atoms. The molecule has 0 bridgehead atoms. The Bertz CT molecular complexity index is 258. The number of ether oxygens (including phenoxy) is 1. The maximum Gasteiger partial charge on any atom is 0.249 e. The van der Waals surface area contributed by atoms with Crippen LogP contribution in [0.4, 0.5) is 0 Å². The van der Waals surface area contributed by atoms with Crippen molar-refractivity contribution in [2.45, 2.75) is 38.3 Å². The van der Waals surface area contributed by atoms with Crippen LogP contribution in [0.15, 0.2) is 0 Å². The summed E-state index contributed by atoms with van der Waals surface area (Å²) in [6.07, 6.45) is 2.57. The summed E-state index contributed by atoms with van der Waals surface area (Å²) in [6.45, 7) is 1.72. The predicted molar refractivity (Wildman–Crippen MR) is 62.5 cm³/mol. The summed E-state index contributed by atoms with van der Waals surface area (Å²) in [5, 5.41) is 2.93. The van der Waals surface area contributed by atoms with Gasteiger partial charge >= 0.3 is 0 Å². The van der Waals surface area contributed by atoms with E-state index in [-0.39, 0.29) is 17.9 Å². The lowest BCUT2D eigenvalue weighted by atomic mass is 10.0. The maximum absolute atomic E-state index is 11.6. The number of nitrogens with one attached hydrogen (secondary N) is 1. The Morgan fingerprint density at radius 3 is 2.80 bits per heavy atom. The van der Waals surface area contributed by atoms with E-state index in [1.807, 2.05) is 0 Å². The van der Waals surface area contributed by atoms with Crippen LogP contribution in [0, 0.1) is 5.92 Å². The summed E-state index contributed by atoms with van der Waals surface area (Å²) in [6, 6.07) is 0.0904. The van der Waals surface area contributed by atoms with Crippen LogP contribution in [-0.4, -0.2) is 30.2 Å². The third kappa shape index (κ3) is 3.14. The highest BCUT2D eigenvalue weighted by Crippen LogP contribution is 2.25. The fourth-order valence-electron chi connectivity index (χ4n) is 1.88. The summed E-state index contributed by atoms with van der Waals surface area (Å²) in [4.78, 5) is 12.1. The zero-order chi connectivity index (χ0) is 11.4. The molecule has 0 radical (unpaired) electrons. The molecule has 3 atom stereocenters. The average molecular weight is 230 g/mol. The number of hydrogen-bond donors (Lipinski definition) is 2. The zero-order valence-electron chi connectivity index (χ0n) is 9.16. The second-order valence-electron chi connectivity index (χ2n) is 3.93. The molecule has 0 heterocycles. The third-order valence-electron chi connectivity index (χ3n) is 2.93. The van der Waals surface area contributed by atoms with Crippen molar-refractivity contribution >= 4 is 23.1 Å². The molecular weight excluding hydrogens is 212 g/mol. The lowest BCUT2D eigenvalue weighted by Gasteiger charge is -2.21. The van der Waals surface area contributed by atoms with Gasteiger partial charge in [-0.05, 0) is 19.8 Å². The van der Waals surface area contributed by atoms with Crippen molar-refractivity contribution in [3.05, 3.63) is 0 Å². The minimum Gasteiger partial charge on any atom is -0.393 e. The van der Waals surface area contributed by atoms with Crippen LogP contribution in [0.5, 0.6) is 0 Å². The van der Waals surface area contributed by atoms with Crippen LogP contribution in [-0.2, 0) is 9.53 Å². The molecule has 86 valence electrons. The van der Waals surface area contributed by atoms with Gasteiger partial charge in [-0.25, -0.2) is 0 Å². The van der Waals surface area contributed by atoms with Gasteiger partial charge in [0.25, 0.3) is 0 Å². The van der Waals surface area contributed by atoms with E-state index < -0.39 is 6.10 Å². The van der Waals surface area contributed by atoms with Gasteiger partial charge in [-0.2, -0.15) is 0 Å². The van der Waals surface area contributed by atoms with Crippen LogP contribution in [0.2, 0.25) is 0 Å². The lowest BCUT2D eigenvalue weighted by molar-refractivity contribution is -0.130. The second kappa shape index (κ2) is 5.42. The van der Waals surface area contributed by atoms with Gasteiger partial charge in [-0.15, -0.1) is 0 Å². The first-order valence-electron chi connectivity index (χ1n) is 5.18. The molecular formula is C10H18N2O2S. The first-order valence-corrected chi connectivity index (χ1v) is 5.59. The van der Waals surface area contributed by atoms with Gasteiger partial charge in [0.15, 0.2) is 0 Å². The molecule has 3 N–H and O–H groups in total. The quantitative estimate of drug-likeness (QED) is 0.694. The minimum atomic E-state index is -0.419. The number of hydrogen-bond acceptors (Lipinski definition) is 3. The van der Waals surface area contributed by atoms with E-state index in [1.165, 1.54) is 7.11 Å². The standard InChI is InChI=1S/C10H18N2O2S/c1-6(14-2)10(13)12-8-5-3-4-7(8)9(11)15/h6-8H,3-5H2,1-2H3,(H2,11,15)(H,12,13). The minimum absolute atomic E-state index is 0.0904. The van der Waals surface area contributed by atoms with Crippen molar-refractivity contribution in [2.24, 2.45) is 11.7 Å². The van der Waals surface area contributed by atoms with Gasteiger partial charge in [0.2, 0.25) is 5.91 Å². The average Bonchev–Trinajstić information content (AvgIpc) is 2.64. The lowest BCUT2D eigenvalue weighted by Crippen LogP contribution is -2.45. The summed E-state index contributed by atoms with van der Waals surface area (Å²) in [5.41, 5.74) is 5.62. The van der Waals surface area contributed by atoms with Crippen molar-refractivity contribution in [2.75, 3.05) is 7.11 Å². The van der Waals surface area contributed by atoms with E-state index >= 15 is 0 Å². The fourth-order valence-corrected chi connectivity index (χ4v) is 2.16. The summed E-state index contributed by atoms with van der Waals surface area (Å²) in [5.74, 6) is 0.0543. The van der Waals surface area contributed by atoms with Gasteiger partial charge in [-0.3, -0.25) is 4.79 Å². The molecule has 5 heteroatoms. The molecule has 1 amide bonds. The van der Waals surface area contributed by atoms with Crippen molar-refractivity contribution in [3.63, 3.8) is 0 Å². The van der Waals surface area contributed by atoms with Gasteiger partial charge in [-0.1, -0.05) is 18.6 Å². The van der Waals surface area contributed by atoms with Gasteiger partial charge in [0, 0.05) is 19.1 Å².